The number of nitrogens with two attached hydrogens (primary N) is 1. The van der Waals surface area contributed by atoms with Crippen molar-refractivity contribution >= 4 is 5.69 Å². The molecule has 9 heteroatoms. The molecule has 0 atom stereocenters. The fourth-order valence-electron chi connectivity index (χ4n) is 3.31. The summed E-state index contributed by atoms with van der Waals surface area (Å²) in [6.07, 6.45) is 0.246. The summed E-state index contributed by atoms with van der Waals surface area (Å²) < 4.78 is 44.6. The van der Waals surface area contributed by atoms with Gasteiger partial charge in [-0.3, -0.25) is 0 Å². The van der Waals surface area contributed by atoms with Crippen molar-refractivity contribution in [3.8, 4) is 11.5 Å². The second-order valence-corrected chi connectivity index (χ2v) is 6.67. The average Bonchev–Trinajstić information content (AvgIpc) is 3.02. The van der Waals surface area contributed by atoms with Gasteiger partial charge >= 0.3 is 11.9 Å². The van der Waals surface area contributed by atoms with Crippen molar-refractivity contribution in [2.24, 2.45) is 11.7 Å². The summed E-state index contributed by atoms with van der Waals surface area (Å²) in [7, 11) is 0. The van der Waals surface area contributed by atoms with Crippen LogP contribution in [0, 0.1) is 5.92 Å². The van der Waals surface area contributed by atoms with Crippen LogP contribution in [0.3, 0.4) is 0 Å². The fraction of sp³-hybridized carbons (Fsp3) is 0.529. The number of halogens is 3. The summed E-state index contributed by atoms with van der Waals surface area (Å²) in [5.41, 5.74) is 5.36. The topological polar surface area (TPSA) is 96.9 Å². The zero-order chi connectivity index (χ0) is 18.7. The highest BCUT2D eigenvalue weighted by Gasteiger charge is 2.34. The first kappa shape index (κ1) is 18.5. The van der Waals surface area contributed by atoms with Crippen molar-refractivity contribution in [1.29, 1.82) is 0 Å². The molecule has 6 nitrogen and oxygen atoms in total. The van der Waals surface area contributed by atoms with E-state index in [1.165, 1.54) is 12.1 Å². The van der Waals surface area contributed by atoms with Crippen molar-refractivity contribution in [2.45, 2.75) is 44.3 Å². The molecule has 0 bridgehead atoms. The summed E-state index contributed by atoms with van der Waals surface area (Å²) in [5.74, 6) is -0.331. The maximum atomic E-state index is 13.3. The van der Waals surface area contributed by atoms with Crippen LogP contribution in [0.1, 0.15) is 37.7 Å². The van der Waals surface area contributed by atoms with Gasteiger partial charge in [0.1, 0.15) is 0 Å². The fourth-order valence-corrected chi connectivity index (χ4v) is 3.31. The minimum absolute atomic E-state index is 0.0480. The molecule has 1 aliphatic carbocycles. The molecule has 1 heterocycles. The molecule has 0 spiro atoms. The Kier molecular flexibility index (Phi) is 5.36. The number of rotatable bonds is 5. The van der Waals surface area contributed by atoms with Gasteiger partial charge in [-0.25, -0.2) is 9.89 Å². The van der Waals surface area contributed by atoms with E-state index in [9.17, 15) is 18.0 Å². The summed E-state index contributed by atoms with van der Waals surface area (Å²) >= 11 is 0. The lowest BCUT2D eigenvalue weighted by molar-refractivity contribution is -0.136. The Morgan fingerprint density at radius 3 is 2.62 bits per heavy atom. The quantitative estimate of drug-likeness (QED) is 0.750. The number of alkyl halides is 3. The number of nitrogens with one attached hydrogen (secondary N) is 2. The first-order chi connectivity index (χ1) is 12.3. The number of aromatic nitrogens is 2. The van der Waals surface area contributed by atoms with Gasteiger partial charge in [0.05, 0.1) is 5.56 Å². The molecule has 4 N–H and O–H groups in total. The van der Waals surface area contributed by atoms with Crippen LogP contribution in [-0.4, -0.2) is 22.8 Å². The highest BCUT2D eigenvalue weighted by Crippen LogP contribution is 2.37. The van der Waals surface area contributed by atoms with E-state index in [1.807, 2.05) is 0 Å². The monoisotopic (exact) mass is 370 g/mol. The molecule has 0 saturated heterocycles. The number of aromatic amines is 1. The van der Waals surface area contributed by atoms with E-state index in [1.54, 1.807) is 0 Å². The maximum absolute atomic E-state index is 13.3. The molecule has 0 amide bonds. The van der Waals surface area contributed by atoms with Gasteiger partial charge in [-0.05, 0) is 56.2 Å². The molecule has 26 heavy (non-hydrogen) atoms. The summed E-state index contributed by atoms with van der Waals surface area (Å²) in [6.45, 7) is 0.428. The smallest absolute Gasteiger partial charge is 0.388 e. The third-order valence-electron chi connectivity index (χ3n) is 4.77. The second-order valence-electron chi connectivity index (χ2n) is 6.67. The van der Waals surface area contributed by atoms with E-state index >= 15 is 0 Å². The number of nitrogens with zero attached hydrogens (tertiary/aromatic N) is 1. The van der Waals surface area contributed by atoms with Crippen molar-refractivity contribution in [3.63, 3.8) is 0 Å². The van der Waals surface area contributed by atoms with E-state index in [-0.39, 0.29) is 17.6 Å². The van der Waals surface area contributed by atoms with Gasteiger partial charge in [-0.15, -0.1) is 5.10 Å². The highest BCUT2D eigenvalue weighted by atomic mass is 19.4. The Balaban J connectivity index is 1.73. The van der Waals surface area contributed by atoms with E-state index in [4.69, 9.17) is 10.2 Å². The van der Waals surface area contributed by atoms with Crippen LogP contribution in [0.5, 0.6) is 0 Å². The number of H-pyrrole nitrogens is 1. The summed E-state index contributed by atoms with van der Waals surface area (Å²) in [5, 5.41) is 8.64. The van der Waals surface area contributed by atoms with E-state index in [0.29, 0.717) is 18.0 Å². The van der Waals surface area contributed by atoms with E-state index < -0.39 is 17.5 Å². The lowest BCUT2D eigenvalue weighted by Gasteiger charge is -2.26. The van der Waals surface area contributed by atoms with Crippen LogP contribution in [0.25, 0.3) is 11.5 Å². The molecule has 1 fully saturated rings. The van der Waals surface area contributed by atoms with E-state index in [2.05, 4.69) is 15.5 Å². The summed E-state index contributed by atoms with van der Waals surface area (Å²) in [4.78, 5) is 11.1. The van der Waals surface area contributed by atoms with Gasteiger partial charge in [0.25, 0.3) is 0 Å². The molecule has 0 unspecified atom stereocenters. The van der Waals surface area contributed by atoms with Crippen molar-refractivity contribution in [2.75, 3.05) is 11.9 Å². The zero-order valence-electron chi connectivity index (χ0n) is 14.1. The number of benzene rings is 1. The normalized spacial score (nSPS) is 20.9. The Bertz CT molecular complexity index is 792. The maximum Gasteiger partial charge on any atom is 0.434 e. The van der Waals surface area contributed by atoms with E-state index in [0.717, 1.165) is 38.2 Å². The van der Waals surface area contributed by atoms with Crippen LogP contribution in [0.15, 0.2) is 27.4 Å². The van der Waals surface area contributed by atoms with Gasteiger partial charge in [-0.2, -0.15) is 13.2 Å². The number of hydrogen-bond acceptors (Lipinski definition) is 5. The molecule has 3 rings (SSSR count). The van der Waals surface area contributed by atoms with Crippen molar-refractivity contribution < 1.29 is 17.6 Å². The highest BCUT2D eigenvalue weighted by molar-refractivity contribution is 5.65. The standard InChI is InChI=1S/C17H21F3N4O2/c18-17(19,20)13-6-3-11(15-23-24-16(25)26-15)9-14(13)22-8-7-10-1-4-12(21)5-2-10/h3,6,9-10,12,22H,1-2,4-5,7-8,21H2,(H,24,25). The Morgan fingerprint density at radius 1 is 1.27 bits per heavy atom. The number of hydrogen-bond donors (Lipinski definition) is 3. The summed E-state index contributed by atoms with van der Waals surface area (Å²) in [6, 6.07) is 3.75. The minimum atomic E-state index is -4.48. The molecule has 1 aromatic heterocycles. The molecule has 0 aliphatic heterocycles. The lowest BCUT2D eigenvalue weighted by atomic mass is 9.84. The molecule has 1 aliphatic rings. The number of anilines is 1. The van der Waals surface area contributed by atoms with Crippen LogP contribution < -0.4 is 16.8 Å². The molecule has 0 radical (unpaired) electrons. The predicted octanol–water partition coefficient (Wildman–Crippen LogP) is 3.37. The van der Waals surface area contributed by atoms with Gasteiger partial charge in [0.15, 0.2) is 0 Å². The van der Waals surface area contributed by atoms with Gasteiger partial charge in [0, 0.05) is 23.8 Å². The van der Waals surface area contributed by atoms with Crippen LogP contribution in [-0.2, 0) is 6.18 Å². The first-order valence-corrected chi connectivity index (χ1v) is 8.59. The lowest BCUT2D eigenvalue weighted by Crippen LogP contribution is -2.27. The van der Waals surface area contributed by atoms with Crippen molar-refractivity contribution in [1.82, 2.24) is 10.2 Å². The minimum Gasteiger partial charge on any atom is -0.388 e. The average molecular weight is 370 g/mol. The van der Waals surface area contributed by atoms with Gasteiger partial charge < -0.3 is 15.5 Å². The van der Waals surface area contributed by atoms with Crippen LogP contribution in [0.2, 0.25) is 0 Å². The molecule has 1 saturated carbocycles. The predicted molar refractivity (Wildman–Crippen MR) is 90.6 cm³/mol. The largest absolute Gasteiger partial charge is 0.434 e. The Labute approximate surface area is 148 Å². The SMILES string of the molecule is NC1CCC(CCNc2cc(-c3n[nH]c(=O)o3)ccc2C(F)(F)F)CC1. The molecule has 142 valence electrons. The molecule has 2 aromatic rings. The molecular weight excluding hydrogens is 349 g/mol. The third-order valence-corrected chi connectivity index (χ3v) is 4.77. The van der Waals surface area contributed by atoms with Gasteiger partial charge in [-0.1, -0.05) is 0 Å². The Hall–Kier alpha value is -2.29. The third kappa shape index (κ3) is 4.46. The first-order valence-electron chi connectivity index (χ1n) is 8.59. The van der Waals surface area contributed by atoms with Crippen molar-refractivity contribution in [3.05, 3.63) is 34.3 Å². The molecular formula is C17H21F3N4O2. The second kappa shape index (κ2) is 7.53. The molecule has 1 aromatic carbocycles. The van der Waals surface area contributed by atoms with Crippen LogP contribution in [0.4, 0.5) is 18.9 Å². The van der Waals surface area contributed by atoms with Gasteiger partial charge in [0.2, 0.25) is 5.89 Å². The zero-order valence-corrected chi connectivity index (χ0v) is 14.1. The van der Waals surface area contributed by atoms with Crippen LogP contribution >= 0.6 is 0 Å². The Morgan fingerprint density at radius 2 is 2.00 bits per heavy atom.